The van der Waals surface area contributed by atoms with Gasteiger partial charge in [-0.15, -0.1) is 0 Å². The molecule has 0 aliphatic rings. The number of halogens is 4. The van der Waals surface area contributed by atoms with E-state index < -0.39 is 11.9 Å². The second-order valence-corrected chi connectivity index (χ2v) is 5.79. The maximum absolute atomic E-state index is 13.0. The van der Waals surface area contributed by atoms with E-state index >= 15 is 0 Å². The second kappa shape index (κ2) is 6.76. The molecule has 0 aliphatic carbocycles. The summed E-state index contributed by atoms with van der Waals surface area (Å²) in [5, 5.41) is 4.10. The number of alkyl halides is 3. The highest BCUT2D eigenvalue weighted by Crippen LogP contribution is 2.35. The smallest absolute Gasteiger partial charge is 0.435 e. The summed E-state index contributed by atoms with van der Waals surface area (Å²) >= 11 is 5.81. The van der Waals surface area contributed by atoms with E-state index in [-0.39, 0.29) is 11.3 Å². The van der Waals surface area contributed by atoms with Gasteiger partial charge in [0.1, 0.15) is 12.4 Å². The van der Waals surface area contributed by atoms with Crippen molar-refractivity contribution in [3.63, 3.8) is 0 Å². The first-order chi connectivity index (χ1) is 11.8. The van der Waals surface area contributed by atoms with Crippen molar-refractivity contribution < 1.29 is 17.9 Å². The highest BCUT2D eigenvalue weighted by Gasteiger charge is 2.37. The van der Waals surface area contributed by atoms with Gasteiger partial charge in [0.2, 0.25) is 0 Å². The van der Waals surface area contributed by atoms with Crippen LogP contribution in [0.3, 0.4) is 0 Å². The molecule has 2 heterocycles. The molecular formula is C17H13ClF3N3O. The van der Waals surface area contributed by atoms with Crippen LogP contribution in [0.25, 0.3) is 11.3 Å². The van der Waals surface area contributed by atoms with Gasteiger partial charge < -0.3 is 4.74 Å². The molecule has 0 saturated heterocycles. The fraction of sp³-hybridized carbons (Fsp3) is 0.176. The van der Waals surface area contributed by atoms with E-state index in [9.17, 15) is 13.2 Å². The van der Waals surface area contributed by atoms with Crippen LogP contribution in [0.2, 0.25) is 5.02 Å². The molecule has 8 heteroatoms. The molecule has 25 heavy (non-hydrogen) atoms. The van der Waals surface area contributed by atoms with Gasteiger partial charge in [0.05, 0.1) is 17.5 Å². The van der Waals surface area contributed by atoms with E-state index in [1.54, 1.807) is 18.2 Å². The Kier molecular flexibility index (Phi) is 4.67. The first kappa shape index (κ1) is 17.3. The molecule has 4 nitrogen and oxygen atoms in total. The number of hydrogen-bond acceptors (Lipinski definition) is 3. The highest BCUT2D eigenvalue weighted by atomic mass is 35.5. The molecule has 0 saturated carbocycles. The van der Waals surface area contributed by atoms with Crippen molar-refractivity contribution in [2.75, 3.05) is 0 Å². The molecule has 0 bridgehead atoms. The van der Waals surface area contributed by atoms with Crippen molar-refractivity contribution in [3.8, 4) is 17.0 Å². The zero-order valence-electron chi connectivity index (χ0n) is 13.1. The third kappa shape index (κ3) is 4.11. The Balaban J connectivity index is 1.75. The second-order valence-electron chi connectivity index (χ2n) is 5.36. The van der Waals surface area contributed by atoms with Crippen LogP contribution in [-0.4, -0.2) is 14.8 Å². The van der Waals surface area contributed by atoms with Gasteiger partial charge in [-0.25, -0.2) is 0 Å². The van der Waals surface area contributed by atoms with Crippen molar-refractivity contribution in [1.82, 2.24) is 14.8 Å². The molecule has 1 aromatic carbocycles. The van der Waals surface area contributed by atoms with Crippen molar-refractivity contribution >= 4 is 11.6 Å². The number of hydrogen-bond donors (Lipinski definition) is 0. The Morgan fingerprint density at radius 2 is 1.84 bits per heavy atom. The summed E-state index contributed by atoms with van der Waals surface area (Å²) in [5.41, 5.74) is 0.0657. The van der Waals surface area contributed by atoms with Gasteiger partial charge in [0.15, 0.2) is 5.69 Å². The molecular weight excluding hydrogens is 355 g/mol. The quantitative estimate of drug-likeness (QED) is 0.669. The van der Waals surface area contributed by atoms with E-state index in [1.165, 1.54) is 25.5 Å². The predicted octanol–water partition coefficient (Wildman–Crippen LogP) is 4.73. The fourth-order valence-corrected chi connectivity index (χ4v) is 2.38. The summed E-state index contributed by atoms with van der Waals surface area (Å²) in [6.45, 7) is 0.304. The summed E-state index contributed by atoms with van der Waals surface area (Å²) in [7, 11) is 1.43. The SMILES string of the molecule is Cn1cc(-c2ccc(OCc3ccc(Cl)cc3)cn2)c(C(F)(F)F)n1. The molecule has 0 unspecified atom stereocenters. The van der Waals surface area contributed by atoms with Crippen LogP contribution in [0.5, 0.6) is 5.75 Å². The summed E-state index contributed by atoms with van der Waals surface area (Å²) in [4.78, 5) is 4.06. The lowest BCUT2D eigenvalue weighted by atomic mass is 10.1. The maximum atomic E-state index is 13.0. The normalized spacial score (nSPS) is 11.6. The third-order valence-electron chi connectivity index (χ3n) is 3.43. The standard InChI is InChI=1S/C17H13ClF3N3O/c1-24-9-14(16(23-24)17(19,20)21)15-7-6-13(8-22-15)25-10-11-2-4-12(18)5-3-11/h2-9H,10H2,1H3. The van der Waals surface area contributed by atoms with Gasteiger partial charge in [-0.3, -0.25) is 9.67 Å². The number of ether oxygens (including phenoxy) is 1. The largest absolute Gasteiger partial charge is 0.487 e. The molecule has 130 valence electrons. The van der Waals surface area contributed by atoms with Crippen molar-refractivity contribution in [2.24, 2.45) is 7.05 Å². The van der Waals surface area contributed by atoms with E-state index in [1.807, 2.05) is 12.1 Å². The van der Waals surface area contributed by atoms with Gasteiger partial charge in [-0.2, -0.15) is 18.3 Å². The molecule has 3 rings (SSSR count). The number of nitrogens with zero attached hydrogens (tertiary/aromatic N) is 3. The lowest BCUT2D eigenvalue weighted by Crippen LogP contribution is -2.08. The number of pyridine rings is 1. The summed E-state index contributed by atoms with van der Waals surface area (Å²) < 4.78 is 45.8. The van der Waals surface area contributed by atoms with Crippen molar-refractivity contribution in [2.45, 2.75) is 12.8 Å². The van der Waals surface area contributed by atoms with Gasteiger partial charge in [0.25, 0.3) is 0 Å². The molecule has 0 radical (unpaired) electrons. The summed E-state index contributed by atoms with van der Waals surface area (Å²) in [6.07, 6.45) is -1.86. The number of rotatable bonds is 4. The lowest BCUT2D eigenvalue weighted by Gasteiger charge is -2.08. The average molecular weight is 368 g/mol. The zero-order chi connectivity index (χ0) is 18.0. The minimum atomic E-state index is -4.54. The first-order valence-electron chi connectivity index (χ1n) is 7.27. The first-order valence-corrected chi connectivity index (χ1v) is 7.65. The van der Waals surface area contributed by atoms with E-state index in [0.29, 0.717) is 17.4 Å². The summed E-state index contributed by atoms with van der Waals surface area (Å²) in [6, 6.07) is 10.2. The molecule has 0 N–H and O–H groups in total. The van der Waals surface area contributed by atoms with Crippen molar-refractivity contribution in [1.29, 1.82) is 0 Å². The molecule has 0 atom stereocenters. The Hall–Kier alpha value is -2.54. The van der Waals surface area contributed by atoms with E-state index in [4.69, 9.17) is 16.3 Å². The average Bonchev–Trinajstić information content (AvgIpc) is 2.97. The van der Waals surface area contributed by atoms with Gasteiger partial charge in [-0.1, -0.05) is 23.7 Å². The number of benzene rings is 1. The Bertz CT molecular complexity index is 858. The highest BCUT2D eigenvalue weighted by molar-refractivity contribution is 6.30. The van der Waals surface area contributed by atoms with Crippen LogP contribution in [0.15, 0.2) is 48.8 Å². The van der Waals surface area contributed by atoms with Crippen LogP contribution in [-0.2, 0) is 19.8 Å². The van der Waals surface area contributed by atoms with E-state index in [2.05, 4.69) is 10.1 Å². The fourth-order valence-electron chi connectivity index (χ4n) is 2.26. The minimum Gasteiger partial charge on any atom is -0.487 e. The molecule has 0 fully saturated rings. The molecule has 0 spiro atoms. The van der Waals surface area contributed by atoms with Crippen LogP contribution < -0.4 is 4.74 Å². The molecule has 2 aromatic heterocycles. The maximum Gasteiger partial charge on any atom is 0.435 e. The van der Waals surface area contributed by atoms with Gasteiger partial charge in [-0.05, 0) is 29.8 Å². The Labute approximate surface area is 146 Å². The van der Waals surface area contributed by atoms with Crippen LogP contribution in [0.4, 0.5) is 13.2 Å². The van der Waals surface area contributed by atoms with Gasteiger partial charge >= 0.3 is 6.18 Å². The number of aromatic nitrogens is 3. The van der Waals surface area contributed by atoms with Crippen LogP contribution in [0, 0.1) is 0 Å². The minimum absolute atomic E-state index is 0.0701. The molecule has 3 aromatic rings. The van der Waals surface area contributed by atoms with Crippen molar-refractivity contribution in [3.05, 3.63) is 65.1 Å². The molecule has 0 aliphatic heterocycles. The van der Waals surface area contributed by atoms with E-state index in [0.717, 1.165) is 10.2 Å². The van der Waals surface area contributed by atoms with Gasteiger partial charge in [0, 0.05) is 18.3 Å². The lowest BCUT2D eigenvalue weighted by molar-refractivity contribution is -0.141. The predicted molar refractivity (Wildman–Crippen MR) is 87.2 cm³/mol. The topological polar surface area (TPSA) is 39.9 Å². The molecule has 0 amide bonds. The Morgan fingerprint density at radius 1 is 1.12 bits per heavy atom. The monoisotopic (exact) mass is 367 g/mol. The Morgan fingerprint density at radius 3 is 2.44 bits per heavy atom. The van der Waals surface area contributed by atoms with Crippen LogP contribution in [0.1, 0.15) is 11.3 Å². The number of aryl methyl sites for hydroxylation is 1. The zero-order valence-corrected chi connectivity index (χ0v) is 13.8. The summed E-state index contributed by atoms with van der Waals surface area (Å²) in [5.74, 6) is 0.455. The van der Waals surface area contributed by atoms with Crippen LogP contribution >= 0.6 is 11.6 Å². The third-order valence-corrected chi connectivity index (χ3v) is 3.68.